The van der Waals surface area contributed by atoms with E-state index in [9.17, 15) is 9.90 Å². The smallest absolute Gasteiger partial charge is 0.306 e. The molecule has 5 nitrogen and oxygen atoms in total. The highest BCUT2D eigenvalue weighted by atomic mass is 16.5. The summed E-state index contributed by atoms with van der Waals surface area (Å²) in [4.78, 5) is 11.3. The van der Waals surface area contributed by atoms with Crippen molar-refractivity contribution in [1.82, 2.24) is 0 Å². The first-order valence-corrected chi connectivity index (χ1v) is 5.71. The molecule has 0 aliphatic carbocycles. The van der Waals surface area contributed by atoms with E-state index in [0.29, 0.717) is 17.9 Å². The molecule has 0 aromatic heterocycles. The van der Waals surface area contributed by atoms with E-state index in [0.717, 1.165) is 5.56 Å². The Bertz CT molecular complexity index is 443. The van der Waals surface area contributed by atoms with Crippen LogP contribution >= 0.6 is 0 Å². The van der Waals surface area contributed by atoms with Crippen LogP contribution in [0.2, 0.25) is 0 Å². The third-order valence-corrected chi connectivity index (χ3v) is 3.20. The summed E-state index contributed by atoms with van der Waals surface area (Å²) in [7, 11) is 2.94. The minimum absolute atomic E-state index is 0.0401. The van der Waals surface area contributed by atoms with Gasteiger partial charge >= 0.3 is 5.97 Å². The Morgan fingerprint density at radius 3 is 2.22 bits per heavy atom. The minimum Gasteiger partial charge on any atom is -0.502 e. The zero-order valence-corrected chi connectivity index (χ0v) is 10.6. The quantitative estimate of drug-likeness (QED) is 0.831. The number of carbonyl (C=O) groups excluding carboxylic acids is 1. The van der Waals surface area contributed by atoms with Gasteiger partial charge in [0.05, 0.1) is 20.6 Å². The molecule has 0 saturated carbocycles. The highest BCUT2D eigenvalue weighted by Crippen LogP contribution is 2.42. The molecule has 5 heteroatoms. The van der Waals surface area contributed by atoms with E-state index >= 15 is 0 Å². The van der Waals surface area contributed by atoms with E-state index in [1.807, 2.05) is 6.92 Å². The van der Waals surface area contributed by atoms with E-state index in [2.05, 4.69) is 0 Å². The molecule has 1 saturated heterocycles. The third-order valence-electron chi connectivity index (χ3n) is 3.20. The van der Waals surface area contributed by atoms with Gasteiger partial charge in [-0.05, 0) is 24.6 Å². The second kappa shape index (κ2) is 4.76. The molecule has 1 aromatic rings. The number of rotatable bonds is 3. The second-order valence-electron chi connectivity index (χ2n) is 4.28. The standard InChI is InChI=1S/C13H16O5/c1-7-9(6-12(14)18-7)8-4-10(16-2)13(15)11(5-8)17-3/h4-5,7,9,15H,6H2,1-3H3/t7-,9+/m1/s1. The van der Waals surface area contributed by atoms with Crippen molar-refractivity contribution in [1.29, 1.82) is 0 Å². The first kappa shape index (κ1) is 12.5. The van der Waals surface area contributed by atoms with E-state index < -0.39 is 0 Å². The summed E-state index contributed by atoms with van der Waals surface area (Å²) >= 11 is 0. The molecule has 0 bridgehead atoms. The van der Waals surface area contributed by atoms with Crippen molar-refractivity contribution in [2.75, 3.05) is 14.2 Å². The fourth-order valence-electron chi connectivity index (χ4n) is 2.20. The molecule has 0 radical (unpaired) electrons. The molecule has 1 aliphatic heterocycles. The van der Waals surface area contributed by atoms with Crippen molar-refractivity contribution in [2.24, 2.45) is 0 Å². The summed E-state index contributed by atoms with van der Waals surface area (Å²) in [5.41, 5.74) is 0.861. The van der Waals surface area contributed by atoms with Crippen LogP contribution in [-0.2, 0) is 9.53 Å². The summed E-state index contributed by atoms with van der Waals surface area (Å²) in [5.74, 6) is 0.368. The van der Waals surface area contributed by atoms with Gasteiger partial charge in [0.15, 0.2) is 11.5 Å². The molecule has 1 aliphatic rings. The summed E-state index contributed by atoms with van der Waals surface area (Å²) in [6.07, 6.45) is 0.148. The van der Waals surface area contributed by atoms with Gasteiger partial charge in [0.1, 0.15) is 6.10 Å². The number of methoxy groups -OCH3 is 2. The van der Waals surface area contributed by atoms with Crippen molar-refractivity contribution in [3.8, 4) is 17.2 Å². The van der Waals surface area contributed by atoms with Crippen LogP contribution < -0.4 is 9.47 Å². The number of carbonyl (C=O) groups is 1. The SMILES string of the molecule is COc1cc([C@H]2CC(=O)O[C@@H]2C)cc(OC)c1O. The first-order chi connectivity index (χ1) is 8.56. The minimum atomic E-state index is -0.210. The van der Waals surface area contributed by atoms with Crippen LogP contribution in [0.15, 0.2) is 12.1 Å². The van der Waals surface area contributed by atoms with Crippen molar-refractivity contribution >= 4 is 5.97 Å². The van der Waals surface area contributed by atoms with Crippen molar-refractivity contribution < 1.29 is 24.1 Å². The van der Waals surface area contributed by atoms with Gasteiger partial charge in [-0.15, -0.1) is 0 Å². The number of hydrogen-bond donors (Lipinski definition) is 1. The van der Waals surface area contributed by atoms with E-state index in [1.165, 1.54) is 14.2 Å². The van der Waals surface area contributed by atoms with Crippen LogP contribution in [0.1, 0.15) is 24.8 Å². The third kappa shape index (κ3) is 2.08. The Kier molecular flexibility index (Phi) is 3.32. The first-order valence-electron chi connectivity index (χ1n) is 5.71. The molecule has 1 aromatic carbocycles. The number of phenols is 1. The Hall–Kier alpha value is -1.91. The molecule has 2 atom stereocenters. The monoisotopic (exact) mass is 252 g/mol. The molecule has 18 heavy (non-hydrogen) atoms. The van der Waals surface area contributed by atoms with Crippen molar-refractivity contribution in [2.45, 2.75) is 25.4 Å². The highest BCUT2D eigenvalue weighted by Gasteiger charge is 2.33. The Balaban J connectivity index is 2.42. The number of benzene rings is 1. The molecular weight excluding hydrogens is 236 g/mol. The number of cyclic esters (lactones) is 1. The molecule has 1 fully saturated rings. The van der Waals surface area contributed by atoms with E-state index in [-0.39, 0.29) is 23.7 Å². The highest BCUT2D eigenvalue weighted by molar-refractivity contribution is 5.73. The van der Waals surface area contributed by atoms with Crippen LogP contribution in [0.5, 0.6) is 17.2 Å². The lowest BCUT2D eigenvalue weighted by atomic mass is 9.92. The van der Waals surface area contributed by atoms with Crippen LogP contribution in [0, 0.1) is 0 Å². The van der Waals surface area contributed by atoms with Gasteiger partial charge < -0.3 is 19.3 Å². The molecule has 0 unspecified atom stereocenters. The topological polar surface area (TPSA) is 65.0 Å². The van der Waals surface area contributed by atoms with Gasteiger partial charge in [-0.25, -0.2) is 0 Å². The van der Waals surface area contributed by atoms with E-state index in [4.69, 9.17) is 14.2 Å². The molecule has 98 valence electrons. The van der Waals surface area contributed by atoms with E-state index in [1.54, 1.807) is 12.1 Å². The molecule has 1 N–H and O–H groups in total. The zero-order chi connectivity index (χ0) is 13.3. The molecule has 0 amide bonds. The lowest BCUT2D eigenvalue weighted by molar-refractivity contribution is -0.140. The number of esters is 1. The van der Waals surface area contributed by atoms with Gasteiger partial charge in [0.25, 0.3) is 0 Å². The number of ether oxygens (including phenoxy) is 3. The van der Waals surface area contributed by atoms with Crippen LogP contribution in [0.25, 0.3) is 0 Å². The lowest BCUT2D eigenvalue weighted by Gasteiger charge is -2.16. The predicted octanol–water partition coefficient (Wildman–Crippen LogP) is 1.83. The van der Waals surface area contributed by atoms with Gasteiger partial charge in [0.2, 0.25) is 5.75 Å². The van der Waals surface area contributed by atoms with Crippen molar-refractivity contribution in [3.05, 3.63) is 17.7 Å². The Morgan fingerprint density at radius 1 is 1.28 bits per heavy atom. The molecule has 0 spiro atoms. The maximum atomic E-state index is 11.3. The van der Waals surface area contributed by atoms with Gasteiger partial charge in [-0.3, -0.25) is 4.79 Å². The zero-order valence-electron chi connectivity index (χ0n) is 10.6. The summed E-state index contributed by atoms with van der Waals surface area (Å²) in [6, 6.07) is 3.42. The average molecular weight is 252 g/mol. The fourth-order valence-corrected chi connectivity index (χ4v) is 2.20. The van der Waals surface area contributed by atoms with Crippen LogP contribution in [0.3, 0.4) is 0 Å². The molecular formula is C13H16O5. The summed E-state index contributed by atoms with van der Waals surface area (Å²) in [6.45, 7) is 1.85. The predicted molar refractivity (Wildman–Crippen MR) is 64.1 cm³/mol. The van der Waals surface area contributed by atoms with Crippen molar-refractivity contribution in [3.63, 3.8) is 0 Å². The number of hydrogen-bond acceptors (Lipinski definition) is 5. The maximum absolute atomic E-state index is 11.3. The normalized spacial score (nSPS) is 22.7. The fraction of sp³-hybridized carbons (Fsp3) is 0.462. The Labute approximate surface area is 105 Å². The van der Waals surface area contributed by atoms with Crippen LogP contribution in [0.4, 0.5) is 0 Å². The number of aromatic hydroxyl groups is 1. The summed E-state index contributed by atoms with van der Waals surface area (Å²) < 4.78 is 15.3. The average Bonchev–Trinajstić information content (AvgIpc) is 2.69. The maximum Gasteiger partial charge on any atom is 0.306 e. The van der Waals surface area contributed by atoms with Crippen LogP contribution in [-0.4, -0.2) is 31.4 Å². The Morgan fingerprint density at radius 2 is 1.83 bits per heavy atom. The van der Waals surface area contributed by atoms with Gasteiger partial charge in [-0.2, -0.15) is 0 Å². The lowest BCUT2D eigenvalue weighted by Crippen LogP contribution is -2.09. The summed E-state index contributed by atoms with van der Waals surface area (Å²) in [5, 5.41) is 9.83. The molecule has 1 heterocycles. The largest absolute Gasteiger partial charge is 0.502 e. The number of phenolic OH excluding ortho intramolecular Hbond substituents is 1. The van der Waals surface area contributed by atoms with Gasteiger partial charge in [0, 0.05) is 5.92 Å². The van der Waals surface area contributed by atoms with Gasteiger partial charge in [-0.1, -0.05) is 0 Å². The second-order valence-corrected chi connectivity index (χ2v) is 4.28. The molecule has 2 rings (SSSR count).